The summed E-state index contributed by atoms with van der Waals surface area (Å²) in [5, 5.41) is 1.37. The quantitative estimate of drug-likeness (QED) is 0.235. The van der Waals surface area contributed by atoms with E-state index in [4.69, 9.17) is 28.5 Å². The predicted octanol–water partition coefficient (Wildman–Crippen LogP) is 2.80. The maximum atomic E-state index is 13.0. The molecular formula is C32H40N4O13S. The summed E-state index contributed by atoms with van der Waals surface area (Å²) in [6.45, 7) is 0.193. The monoisotopic (exact) mass is 720 g/mol. The molecule has 272 valence electrons. The standard InChI is InChI=1S/C32H40N4O13S/c1-34(28(37)8-7-9-31(40)49-36-29(38)12-13-30(36)39)15-16-35(2)32(41)48-27-18-21(10-11-24(27)45-4)33-50(42,43)17-14-23-25(46-5)19-22(44-3)20-26(23)47-6/h10-11,14,17-20,33H,7-9,12-13,15-16H2,1-6H3/b17-14+. The Morgan fingerprint density at radius 3 is 2.00 bits per heavy atom. The number of nitrogens with one attached hydrogen (secondary N) is 1. The number of hydrogen-bond donors (Lipinski definition) is 1. The Hall–Kier alpha value is -5.52. The van der Waals surface area contributed by atoms with Crippen LogP contribution in [0.3, 0.4) is 0 Å². The van der Waals surface area contributed by atoms with Gasteiger partial charge in [-0.3, -0.25) is 19.1 Å². The largest absolute Gasteiger partial charge is 0.496 e. The van der Waals surface area contributed by atoms with Gasteiger partial charge in [-0.15, -0.1) is 5.06 Å². The molecule has 0 spiro atoms. The number of ether oxygens (including phenoxy) is 5. The molecule has 0 unspecified atom stereocenters. The fourth-order valence-electron chi connectivity index (χ4n) is 4.44. The van der Waals surface area contributed by atoms with Crippen molar-refractivity contribution in [3.05, 3.63) is 41.3 Å². The van der Waals surface area contributed by atoms with Gasteiger partial charge in [-0.25, -0.2) is 18.0 Å². The molecule has 3 rings (SSSR count). The van der Waals surface area contributed by atoms with Crippen molar-refractivity contribution in [2.24, 2.45) is 0 Å². The zero-order chi connectivity index (χ0) is 37.0. The summed E-state index contributed by atoms with van der Waals surface area (Å²) >= 11 is 0. The van der Waals surface area contributed by atoms with Gasteiger partial charge in [-0.05, 0) is 24.6 Å². The van der Waals surface area contributed by atoms with Crippen LogP contribution in [0.25, 0.3) is 6.08 Å². The molecule has 2 aromatic carbocycles. The molecule has 1 saturated heterocycles. The Bertz CT molecular complexity index is 1690. The molecule has 1 heterocycles. The van der Waals surface area contributed by atoms with Crippen molar-refractivity contribution in [2.75, 3.05) is 60.3 Å². The zero-order valence-corrected chi connectivity index (χ0v) is 29.4. The molecule has 4 amide bonds. The molecule has 1 aliphatic heterocycles. The maximum Gasteiger partial charge on any atom is 0.415 e. The van der Waals surface area contributed by atoms with Crippen LogP contribution >= 0.6 is 0 Å². The number of hydrogen-bond acceptors (Lipinski definition) is 13. The molecule has 1 N–H and O–H groups in total. The van der Waals surface area contributed by atoms with Gasteiger partial charge in [0.05, 0.1) is 45.1 Å². The normalized spacial score (nSPS) is 12.8. The summed E-state index contributed by atoms with van der Waals surface area (Å²) in [4.78, 5) is 67.8. The third kappa shape index (κ3) is 10.7. The molecule has 0 radical (unpaired) electrons. The summed E-state index contributed by atoms with van der Waals surface area (Å²) in [6, 6.07) is 7.27. The Morgan fingerprint density at radius 1 is 0.820 bits per heavy atom. The molecule has 0 aromatic heterocycles. The molecule has 2 aromatic rings. The van der Waals surface area contributed by atoms with Crippen molar-refractivity contribution in [3.63, 3.8) is 0 Å². The molecular weight excluding hydrogens is 680 g/mol. The minimum atomic E-state index is -4.08. The van der Waals surface area contributed by atoms with E-state index in [0.717, 1.165) is 5.41 Å². The first-order valence-corrected chi connectivity index (χ1v) is 16.7. The van der Waals surface area contributed by atoms with Gasteiger partial charge < -0.3 is 38.3 Å². The number of benzene rings is 2. The minimum Gasteiger partial charge on any atom is -0.496 e. The van der Waals surface area contributed by atoms with Crippen LogP contribution < -0.4 is 28.4 Å². The van der Waals surface area contributed by atoms with Crippen LogP contribution in [0.15, 0.2) is 35.7 Å². The van der Waals surface area contributed by atoms with Crippen molar-refractivity contribution in [1.29, 1.82) is 0 Å². The summed E-state index contributed by atoms with van der Waals surface area (Å²) in [5.41, 5.74) is 0.429. The second-order valence-corrected chi connectivity index (χ2v) is 12.3. The van der Waals surface area contributed by atoms with Crippen LogP contribution in [0.2, 0.25) is 0 Å². The van der Waals surface area contributed by atoms with Gasteiger partial charge in [0.2, 0.25) is 5.91 Å². The first-order chi connectivity index (χ1) is 23.7. The second-order valence-electron chi connectivity index (χ2n) is 10.8. The molecule has 1 fully saturated rings. The number of amides is 4. The smallest absolute Gasteiger partial charge is 0.415 e. The average Bonchev–Trinajstić information content (AvgIpc) is 3.40. The fraction of sp³-hybridized carbons (Fsp3) is 0.406. The summed E-state index contributed by atoms with van der Waals surface area (Å²) in [7, 11) is 4.55. The topological polar surface area (TPSA) is 197 Å². The average molecular weight is 721 g/mol. The van der Waals surface area contributed by atoms with Gasteiger partial charge in [-0.1, -0.05) is 0 Å². The summed E-state index contributed by atoms with van der Waals surface area (Å²) in [6.07, 6.45) is 0.385. The van der Waals surface area contributed by atoms with Crippen molar-refractivity contribution < 1.29 is 60.9 Å². The lowest BCUT2D eigenvalue weighted by Gasteiger charge is -2.22. The van der Waals surface area contributed by atoms with Gasteiger partial charge in [0.15, 0.2) is 11.5 Å². The summed E-state index contributed by atoms with van der Waals surface area (Å²) < 4.78 is 55.0. The number of carbonyl (C=O) groups excluding carboxylic acids is 5. The lowest BCUT2D eigenvalue weighted by atomic mass is 10.1. The molecule has 18 heteroatoms. The molecule has 0 saturated carbocycles. The minimum absolute atomic E-state index is 0.0159. The lowest BCUT2D eigenvalue weighted by Crippen LogP contribution is -2.38. The van der Waals surface area contributed by atoms with Crippen LogP contribution in [0.5, 0.6) is 28.7 Å². The number of nitrogens with zero attached hydrogens (tertiary/aromatic N) is 3. The Labute approximate surface area is 289 Å². The zero-order valence-electron chi connectivity index (χ0n) is 28.5. The van der Waals surface area contributed by atoms with Crippen LogP contribution in [-0.2, 0) is 34.0 Å². The maximum absolute atomic E-state index is 13.0. The Balaban J connectivity index is 1.55. The van der Waals surface area contributed by atoms with E-state index in [1.54, 1.807) is 12.1 Å². The Morgan fingerprint density at radius 2 is 1.42 bits per heavy atom. The Kier molecular flexibility index (Phi) is 13.8. The molecule has 17 nitrogen and oxygen atoms in total. The van der Waals surface area contributed by atoms with Crippen LogP contribution in [0, 0.1) is 0 Å². The third-order valence-corrected chi connectivity index (χ3v) is 8.28. The number of sulfonamides is 1. The van der Waals surface area contributed by atoms with Gasteiger partial charge in [0, 0.05) is 71.1 Å². The summed E-state index contributed by atoms with van der Waals surface area (Å²) in [5.74, 6) is -1.11. The highest BCUT2D eigenvalue weighted by Gasteiger charge is 2.32. The van der Waals surface area contributed by atoms with E-state index in [9.17, 15) is 32.4 Å². The highest BCUT2D eigenvalue weighted by atomic mass is 32.2. The van der Waals surface area contributed by atoms with Gasteiger partial charge in [-0.2, -0.15) is 0 Å². The van der Waals surface area contributed by atoms with Gasteiger partial charge in [0.25, 0.3) is 21.8 Å². The molecule has 0 bridgehead atoms. The van der Waals surface area contributed by atoms with E-state index in [1.807, 2.05) is 0 Å². The third-order valence-electron chi connectivity index (χ3n) is 7.27. The van der Waals surface area contributed by atoms with Crippen LogP contribution in [0.4, 0.5) is 10.5 Å². The highest BCUT2D eigenvalue weighted by Crippen LogP contribution is 2.35. The van der Waals surface area contributed by atoms with Gasteiger partial charge in [0.1, 0.15) is 17.2 Å². The van der Waals surface area contributed by atoms with E-state index >= 15 is 0 Å². The van der Waals surface area contributed by atoms with Crippen LogP contribution in [-0.4, -0.2) is 109 Å². The number of imide groups is 1. The molecule has 50 heavy (non-hydrogen) atoms. The number of anilines is 1. The van der Waals surface area contributed by atoms with Gasteiger partial charge >= 0.3 is 12.1 Å². The first-order valence-electron chi connectivity index (χ1n) is 15.1. The highest BCUT2D eigenvalue weighted by molar-refractivity contribution is 7.95. The molecule has 0 aliphatic carbocycles. The number of methoxy groups -OCH3 is 4. The van der Waals surface area contributed by atoms with Crippen molar-refractivity contribution >= 4 is 51.6 Å². The second kappa shape index (κ2) is 17.8. The predicted molar refractivity (Wildman–Crippen MR) is 178 cm³/mol. The number of rotatable bonds is 17. The van der Waals surface area contributed by atoms with Crippen molar-refractivity contribution in [1.82, 2.24) is 14.9 Å². The molecule has 1 aliphatic rings. The van der Waals surface area contributed by atoms with E-state index in [0.29, 0.717) is 27.9 Å². The number of hydroxylamine groups is 2. The van der Waals surface area contributed by atoms with E-state index < -0.39 is 33.9 Å². The SMILES string of the molecule is COc1cc(OC)c(/C=C/S(=O)(=O)Nc2ccc(OC)c(OC(=O)N(C)CCN(C)C(=O)CCCC(=O)ON3C(=O)CCC3=O)c2)c(OC)c1. The number of carbonyl (C=O) groups is 5. The van der Waals surface area contributed by atoms with E-state index in [2.05, 4.69) is 4.72 Å². The van der Waals surface area contributed by atoms with Crippen LogP contribution in [0.1, 0.15) is 37.7 Å². The first kappa shape index (κ1) is 38.9. The lowest BCUT2D eigenvalue weighted by molar-refractivity contribution is -0.197. The fourth-order valence-corrected chi connectivity index (χ4v) is 5.28. The van der Waals surface area contributed by atoms with Crippen molar-refractivity contribution in [3.8, 4) is 28.7 Å². The van der Waals surface area contributed by atoms with E-state index in [-0.39, 0.29) is 68.3 Å². The molecule has 0 atom stereocenters. The van der Waals surface area contributed by atoms with E-state index in [1.165, 1.54) is 76.6 Å². The number of likely N-dealkylation sites (N-methyl/N-ethyl adjacent to an activating group) is 2. The van der Waals surface area contributed by atoms with Crippen molar-refractivity contribution in [2.45, 2.75) is 32.1 Å².